The van der Waals surface area contributed by atoms with Gasteiger partial charge in [0.1, 0.15) is 0 Å². The number of hydrogen-bond donors (Lipinski definition) is 1. The molecule has 1 amide bonds. The Morgan fingerprint density at radius 3 is 2.81 bits per heavy atom. The maximum absolute atomic E-state index is 11.1. The Kier molecular flexibility index (Phi) is 2.43. The molecule has 84 valence electrons. The molecule has 0 radical (unpaired) electrons. The molecule has 1 aliphatic carbocycles. The fourth-order valence-electron chi connectivity index (χ4n) is 1.23. The standard InChI is InChI=1S/C9H9N3O4/c10-9(13)7-8(16-5-1-2-5)6(12(14)15)3-4-11-7/h3-5H,1-2H2,(H2,10,13). The van der Waals surface area contributed by atoms with Crippen molar-refractivity contribution in [2.45, 2.75) is 18.9 Å². The highest BCUT2D eigenvalue weighted by atomic mass is 16.6. The highest BCUT2D eigenvalue weighted by molar-refractivity contribution is 5.94. The van der Waals surface area contributed by atoms with Gasteiger partial charge in [0.15, 0.2) is 5.69 Å². The number of hydrogen-bond acceptors (Lipinski definition) is 5. The number of nitrogens with zero attached hydrogens (tertiary/aromatic N) is 2. The van der Waals surface area contributed by atoms with Crippen molar-refractivity contribution < 1.29 is 14.5 Å². The SMILES string of the molecule is NC(=O)c1nccc([N+](=O)[O-])c1OC1CC1. The summed E-state index contributed by atoms with van der Waals surface area (Å²) in [5, 5.41) is 10.7. The predicted molar refractivity (Wildman–Crippen MR) is 53.1 cm³/mol. The predicted octanol–water partition coefficient (Wildman–Crippen LogP) is 0.630. The lowest BCUT2D eigenvalue weighted by atomic mass is 10.2. The van der Waals surface area contributed by atoms with Gasteiger partial charge in [-0.3, -0.25) is 14.9 Å². The van der Waals surface area contributed by atoms with Crippen molar-refractivity contribution in [3.05, 3.63) is 28.1 Å². The molecule has 0 atom stereocenters. The Balaban J connectivity index is 2.47. The summed E-state index contributed by atoms with van der Waals surface area (Å²) in [6.45, 7) is 0. The molecule has 0 saturated heterocycles. The number of pyridine rings is 1. The first kappa shape index (κ1) is 10.3. The lowest BCUT2D eigenvalue weighted by Crippen LogP contribution is -2.16. The molecule has 1 heterocycles. The molecule has 1 aliphatic rings. The van der Waals surface area contributed by atoms with Gasteiger partial charge in [0.05, 0.1) is 11.0 Å². The Hall–Kier alpha value is -2.18. The van der Waals surface area contributed by atoms with E-state index < -0.39 is 10.8 Å². The molecule has 7 nitrogen and oxygen atoms in total. The third-order valence-electron chi connectivity index (χ3n) is 2.12. The molecule has 1 aromatic rings. The van der Waals surface area contributed by atoms with Gasteiger partial charge in [-0.1, -0.05) is 0 Å². The monoisotopic (exact) mass is 223 g/mol. The lowest BCUT2D eigenvalue weighted by molar-refractivity contribution is -0.386. The summed E-state index contributed by atoms with van der Waals surface area (Å²) in [5.74, 6) is -0.957. The first-order valence-electron chi connectivity index (χ1n) is 4.69. The molecule has 2 N–H and O–H groups in total. The zero-order valence-electron chi connectivity index (χ0n) is 8.25. The summed E-state index contributed by atoms with van der Waals surface area (Å²) in [4.78, 5) is 24.9. The van der Waals surface area contributed by atoms with Crippen LogP contribution in [0.25, 0.3) is 0 Å². The molecular weight excluding hydrogens is 214 g/mol. The number of carbonyl (C=O) groups excluding carboxylic acids is 1. The Morgan fingerprint density at radius 1 is 1.62 bits per heavy atom. The van der Waals surface area contributed by atoms with Gasteiger partial charge in [-0.2, -0.15) is 0 Å². The fraction of sp³-hybridized carbons (Fsp3) is 0.333. The quantitative estimate of drug-likeness (QED) is 0.594. The zero-order valence-corrected chi connectivity index (χ0v) is 8.25. The average Bonchev–Trinajstić information content (AvgIpc) is 3.01. The summed E-state index contributed by atoms with van der Waals surface area (Å²) in [6, 6.07) is 1.18. The van der Waals surface area contributed by atoms with E-state index in [4.69, 9.17) is 10.5 Å². The van der Waals surface area contributed by atoms with Gasteiger partial charge in [-0.25, -0.2) is 4.98 Å². The van der Waals surface area contributed by atoms with E-state index in [2.05, 4.69) is 4.98 Å². The highest BCUT2D eigenvalue weighted by Gasteiger charge is 2.31. The molecule has 1 saturated carbocycles. The van der Waals surface area contributed by atoms with E-state index in [1.54, 1.807) is 0 Å². The second-order valence-corrected chi connectivity index (χ2v) is 3.45. The number of primary amides is 1. The van der Waals surface area contributed by atoms with Crippen LogP contribution >= 0.6 is 0 Å². The number of nitrogens with two attached hydrogens (primary N) is 1. The Bertz CT molecular complexity index is 424. The topological polar surface area (TPSA) is 108 Å². The molecule has 0 aliphatic heterocycles. The van der Waals surface area contributed by atoms with E-state index in [1.807, 2.05) is 0 Å². The fourth-order valence-corrected chi connectivity index (χ4v) is 1.23. The minimum atomic E-state index is -0.834. The van der Waals surface area contributed by atoms with E-state index >= 15 is 0 Å². The van der Waals surface area contributed by atoms with Crippen LogP contribution in [0.15, 0.2) is 12.3 Å². The summed E-state index contributed by atoms with van der Waals surface area (Å²) in [5.41, 5.74) is 4.60. The number of aromatic nitrogens is 1. The normalized spacial score (nSPS) is 14.5. The van der Waals surface area contributed by atoms with Crippen molar-refractivity contribution in [2.75, 3.05) is 0 Å². The number of rotatable bonds is 4. The Labute approximate surface area is 90.4 Å². The average molecular weight is 223 g/mol. The number of amides is 1. The van der Waals surface area contributed by atoms with Crippen LogP contribution in [0.2, 0.25) is 0 Å². The lowest BCUT2D eigenvalue weighted by Gasteiger charge is -2.07. The molecule has 0 unspecified atom stereocenters. The van der Waals surface area contributed by atoms with E-state index in [0.29, 0.717) is 0 Å². The van der Waals surface area contributed by atoms with Crippen molar-refractivity contribution in [1.29, 1.82) is 0 Å². The first-order valence-corrected chi connectivity index (χ1v) is 4.69. The molecule has 0 spiro atoms. The van der Waals surface area contributed by atoms with Crippen molar-refractivity contribution in [3.63, 3.8) is 0 Å². The minimum absolute atomic E-state index is 0.0685. The maximum atomic E-state index is 11.1. The van der Waals surface area contributed by atoms with Crippen molar-refractivity contribution in [3.8, 4) is 5.75 Å². The van der Waals surface area contributed by atoms with Gasteiger partial charge in [-0.15, -0.1) is 0 Å². The largest absolute Gasteiger partial charge is 0.482 e. The van der Waals surface area contributed by atoms with E-state index in [0.717, 1.165) is 19.0 Å². The molecule has 0 bridgehead atoms. The first-order chi connectivity index (χ1) is 7.59. The number of ether oxygens (including phenoxy) is 1. The van der Waals surface area contributed by atoms with Crippen LogP contribution in [0.1, 0.15) is 23.3 Å². The molecule has 1 fully saturated rings. The number of carbonyl (C=O) groups is 1. The van der Waals surface area contributed by atoms with Crippen LogP contribution in [-0.2, 0) is 0 Å². The van der Waals surface area contributed by atoms with Crippen LogP contribution in [0.3, 0.4) is 0 Å². The second-order valence-electron chi connectivity index (χ2n) is 3.45. The summed E-state index contributed by atoms with van der Waals surface area (Å²) in [6.07, 6.45) is 2.74. The van der Waals surface area contributed by atoms with Crippen LogP contribution < -0.4 is 10.5 Å². The van der Waals surface area contributed by atoms with Gasteiger partial charge >= 0.3 is 5.69 Å². The van der Waals surface area contributed by atoms with E-state index in [1.165, 1.54) is 6.07 Å². The highest BCUT2D eigenvalue weighted by Crippen LogP contribution is 2.34. The van der Waals surface area contributed by atoms with Crippen LogP contribution in [0, 0.1) is 10.1 Å². The summed E-state index contributed by atoms with van der Waals surface area (Å²) < 4.78 is 5.31. The van der Waals surface area contributed by atoms with Gasteiger partial charge in [0.25, 0.3) is 5.91 Å². The Morgan fingerprint density at radius 2 is 2.31 bits per heavy atom. The third kappa shape index (κ3) is 1.92. The van der Waals surface area contributed by atoms with E-state index in [9.17, 15) is 14.9 Å². The zero-order chi connectivity index (χ0) is 11.7. The van der Waals surface area contributed by atoms with Crippen molar-refractivity contribution >= 4 is 11.6 Å². The number of nitro groups is 1. The van der Waals surface area contributed by atoms with E-state index in [-0.39, 0.29) is 23.2 Å². The van der Waals surface area contributed by atoms with Crippen molar-refractivity contribution in [1.82, 2.24) is 4.98 Å². The molecule has 2 rings (SSSR count). The molecule has 1 aromatic heterocycles. The van der Waals surface area contributed by atoms with Gasteiger partial charge in [0, 0.05) is 12.3 Å². The second kappa shape index (κ2) is 3.76. The third-order valence-corrected chi connectivity index (χ3v) is 2.12. The summed E-state index contributed by atoms with van der Waals surface area (Å²) >= 11 is 0. The molecule has 7 heteroatoms. The minimum Gasteiger partial charge on any atom is -0.482 e. The smallest absolute Gasteiger partial charge is 0.315 e. The molecule has 0 aromatic carbocycles. The van der Waals surface area contributed by atoms with Crippen LogP contribution in [-0.4, -0.2) is 21.9 Å². The maximum Gasteiger partial charge on any atom is 0.315 e. The van der Waals surface area contributed by atoms with Crippen molar-refractivity contribution in [2.24, 2.45) is 5.73 Å². The van der Waals surface area contributed by atoms with Gasteiger partial charge < -0.3 is 10.5 Å². The van der Waals surface area contributed by atoms with Crippen LogP contribution in [0.4, 0.5) is 5.69 Å². The molecular formula is C9H9N3O4. The summed E-state index contributed by atoms with van der Waals surface area (Å²) in [7, 11) is 0. The van der Waals surface area contributed by atoms with Gasteiger partial charge in [-0.05, 0) is 12.8 Å². The van der Waals surface area contributed by atoms with Crippen LogP contribution in [0.5, 0.6) is 5.75 Å². The van der Waals surface area contributed by atoms with Gasteiger partial charge in [0.2, 0.25) is 5.75 Å². The molecule has 16 heavy (non-hydrogen) atoms.